The van der Waals surface area contributed by atoms with Crippen LogP contribution in [0.1, 0.15) is 57.8 Å². The van der Waals surface area contributed by atoms with Crippen LogP contribution in [0.2, 0.25) is 28.2 Å². The van der Waals surface area contributed by atoms with Crippen molar-refractivity contribution in [3.8, 4) is 0 Å². The average molecular weight is 402 g/mol. The average Bonchev–Trinajstić information content (AvgIpc) is 3.29. The molecule has 2 rings (SSSR count). The first-order valence-corrected chi connectivity index (χ1v) is 12.9. The molecule has 1 atom stereocenters. The number of nitrogens with one attached hydrogen (secondary N) is 1. The molecular formula is C20H33Cl2NOSi. The van der Waals surface area contributed by atoms with E-state index in [0.717, 1.165) is 52.4 Å². The molecule has 1 aliphatic carbocycles. The second-order valence-electron chi connectivity index (χ2n) is 7.93. The zero-order chi connectivity index (χ0) is 18.7. The molecule has 1 fully saturated rings. The first kappa shape index (κ1) is 21.2. The van der Waals surface area contributed by atoms with Crippen molar-refractivity contribution in [3.05, 3.63) is 33.3 Å². The van der Waals surface area contributed by atoms with Gasteiger partial charge in [-0.2, -0.15) is 0 Å². The quantitative estimate of drug-likeness (QED) is 0.437. The van der Waals surface area contributed by atoms with Crippen molar-refractivity contribution < 1.29 is 4.43 Å². The molecule has 0 spiro atoms. The Labute approximate surface area is 164 Å². The van der Waals surface area contributed by atoms with E-state index < -0.39 is 8.32 Å². The van der Waals surface area contributed by atoms with Gasteiger partial charge in [0.15, 0.2) is 8.32 Å². The number of hydrogen-bond acceptors (Lipinski definition) is 2. The van der Waals surface area contributed by atoms with Crippen LogP contribution in [0.3, 0.4) is 0 Å². The minimum absolute atomic E-state index is 0.0746. The topological polar surface area (TPSA) is 21.3 Å². The monoisotopic (exact) mass is 401 g/mol. The van der Waals surface area contributed by atoms with Gasteiger partial charge in [-0.3, -0.25) is 0 Å². The summed E-state index contributed by atoms with van der Waals surface area (Å²) in [5.74, 6) is 0. The number of halogens is 2. The maximum Gasteiger partial charge on any atom is 0.192 e. The van der Waals surface area contributed by atoms with Gasteiger partial charge in [-0.25, -0.2) is 0 Å². The third-order valence-corrected chi connectivity index (χ3v) is 11.1. The van der Waals surface area contributed by atoms with Crippen LogP contribution in [0.5, 0.6) is 0 Å². The Morgan fingerprint density at radius 1 is 1.12 bits per heavy atom. The number of rotatable bonds is 10. The molecule has 0 amide bonds. The number of aryl methyl sites for hydroxylation is 1. The Morgan fingerprint density at radius 2 is 1.64 bits per heavy atom. The smallest absolute Gasteiger partial charge is 0.192 e. The predicted octanol–water partition coefficient (Wildman–Crippen LogP) is 6.75. The van der Waals surface area contributed by atoms with E-state index in [9.17, 15) is 0 Å². The van der Waals surface area contributed by atoms with Crippen molar-refractivity contribution in [2.45, 2.75) is 71.7 Å². The highest BCUT2D eigenvalue weighted by Crippen LogP contribution is 2.44. The summed E-state index contributed by atoms with van der Waals surface area (Å²) in [5.41, 5.74) is 2.51. The Morgan fingerprint density at radius 3 is 2.08 bits per heavy atom. The largest absolute Gasteiger partial charge is 0.409 e. The summed E-state index contributed by atoms with van der Waals surface area (Å²) in [7, 11) is -1.76. The SMILES string of the molecule is CC[Si](CC)(CC)OC(CNCC1(C)CC1)c1c(Cl)cc(C)cc1Cl. The minimum Gasteiger partial charge on any atom is -0.409 e. The summed E-state index contributed by atoms with van der Waals surface area (Å²) < 4.78 is 6.82. The van der Waals surface area contributed by atoms with Crippen molar-refractivity contribution >= 4 is 31.5 Å². The van der Waals surface area contributed by atoms with Gasteiger partial charge in [0.1, 0.15) is 0 Å². The van der Waals surface area contributed by atoms with E-state index in [2.05, 4.69) is 33.0 Å². The lowest BCUT2D eigenvalue weighted by Gasteiger charge is -2.34. The molecular weight excluding hydrogens is 369 g/mol. The second kappa shape index (κ2) is 8.75. The van der Waals surface area contributed by atoms with Crippen LogP contribution in [-0.2, 0) is 4.43 Å². The lowest BCUT2D eigenvalue weighted by atomic mass is 10.1. The summed E-state index contributed by atoms with van der Waals surface area (Å²) in [5, 5.41) is 5.08. The molecule has 0 aliphatic heterocycles. The molecule has 0 radical (unpaired) electrons. The summed E-state index contributed by atoms with van der Waals surface area (Å²) in [6.07, 6.45) is 2.55. The van der Waals surface area contributed by atoms with Crippen LogP contribution in [0.15, 0.2) is 12.1 Å². The lowest BCUT2D eigenvalue weighted by Crippen LogP contribution is -2.40. The Bertz CT molecular complexity index is 554. The summed E-state index contributed by atoms with van der Waals surface area (Å²) in [4.78, 5) is 0. The van der Waals surface area contributed by atoms with Gasteiger partial charge in [0.2, 0.25) is 0 Å². The molecule has 2 nitrogen and oxygen atoms in total. The van der Waals surface area contributed by atoms with Gasteiger partial charge in [-0.1, -0.05) is 50.9 Å². The molecule has 1 aliphatic rings. The van der Waals surface area contributed by atoms with Gasteiger partial charge in [-0.15, -0.1) is 0 Å². The van der Waals surface area contributed by atoms with Crippen molar-refractivity contribution in [1.82, 2.24) is 5.32 Å². The Kier molecular flexibility index (Phi) is 7.43. The standard InChI is InChI=1S/C20H33Cl2NOSi/c1-6-25(7-2,8-3)24-18(13-23-14-20(5)9-10-20)19-16(21)11-15(4)12-17(19)22/h11-12,18,23H,6-10,13-14H2,1-5H3. The molecule has 0 aromatic heterocycles. The van der Waals surface area contributed by atoms with E-state index in [-0.39, 0.29) is 6.10 Å². The van der Waals surface area contributed by atoms with E-state index in [4.69, 9.17) is 27.6 Å². The summed E-state index contributed by atoms with van der Waals surface area (Å²) >= 11 is 13.2. The Hall–Kier alpha value is -0.0631. The van der Waals surface area contributed by atoms with Gasteiger partial charge >= 0.3 is 0 Å². The molecule has 142 valence electrons. The molecule has 0 saturated heterocycles. The van der Waals surface area contributed by atoms with E-state index in [1.807, 2.05) is 19.1 Å². The fraction of sp³-hybridized carbons (Fsp3) is 0.700. The Balaban J connectivity index is 2.24. The predicted molar refractivity (Wildman–Crippen MR) is 112 cm³/mol. The van der Waals surface area contributed by atoms with E-state index >= 15 is 0 Å². The molecule has 1 aromatic carbocycles. The van der Waals surface area contributed by atoms with Crippen LogP contribution in [-0.4, -0.2) is 21.4 Å². The highest BCUT2D eigenvalue weighted by atomic mass is 35.5. The molecule has 25 heavy (non-hydrogen) atoms. The summed E-state index contributed by atoms with van der Waals surface area (Å²) in [6, 6.07) is 7.35. The molecule has 0 heterocycles. The third-order valence-electron chi connectivity index (χ3n) is 5.86. The maximum atomic E-state index is 6.82. The van der Waals surface area contributed by atoms with Crippen LogP contribution in [0.4, 0.5) is 0 Å². The fourth-order valence-electron chi connectivity index (χ4n) is 3.42. The van der Waals surface area contributed by atoms with E-state index in [1.165, 1.54) is 12.8 Å². The van der Waals surface area contributed by atoms with Crippen LogP contribution >= 0.6 is 23.2 Å². The number of hydrogen-bond donors (Lipinski definition) is 1. The second-order valence-corrected chi connectivity index (χ2v) is 13.5. The number of benzene rings is 1. The zero-order valence-corrected chi connectivity index (χ0v) is 18.9. The lowest BCUT2D eigenvalue weighted by molar-refractivity contribution is 0.184. The van der Waals surface area contributed by atoms with E-state index in [0.29, 0.717) is 5.41 Å². The van der Waals surface area contributed by atoms with Gasteiger partial charge in [0.05, 0.1) is 6.10 Å². The molecule has 5 heteroatoms. The van der Waals surface area contributed by atoms with Crippen molar-refractivity contribution in [2.75, 3.05) is 13.1 Å². The van der Waals surface area contributed by atoms with Gasteiger partial charge < -0.3 is 9.74 Å². The third kappa shape index (κ3) is 5.46. The van der Waals surface area contributed by atoms with Gasteiger partial charge in [0.25, 0.3) is 0 Å². The molecule has 1 aromatic rings. The van der Waals surface area contributed by atoms with Gasteiger partial charge in [0, 0.05) is 28.7 Å². The van der Waals surface area contributed by atoms with Crippen molar-refractivity contribution in [3.63, 3.8) is 0 Å². The normalized spacial score (nSPS) is 17.6. The molecule has 1 saturated carbocycles. The highest BCUT2D eigenvalue weighted by molar-refractivity contribution is 6.73. The van der Waals surface area contributed by atoms with Crippen molar-refractivity contribution in [2.24, 2.45) is 5.41 Å². The van der Waals surface area contributed by atoms with Crippen LogP contribution < -0.4 is 5.32 Å². The first-order chi connectivity index (χ1) is 11.8. The summed E-state index contributed by atoms with van der Waals surface area (Å²) in [6.45, 7) is 12.9. The van der Waals surface area contributed by atoms with Crippen LogP contribution in [0, 0.1) is 12.3 Å². The maximum absolute atomic E-state index is 6.82. The molecule has 1 N–H and O–H groups in total. The highest BCUT2D eigenvalue weighted by Gasteiger charge is 2.38. The molecule has 1 unspecified atom stereocenters. The van der Waals surface area contributed by atoms with Gasteiger partial charge in [-0.05, 0) is 61.0 Å². The fourth-order valence-corrected chi connectivity index (χ4v) is 7.06. The first-order valence-electron chi connectivity index (χ1n) is 9.62. The minimum atomic E-state index is -1.76. The zero-order valence-electron chi connectivity index (χ0n) is 16.3. The van der Waals surface area contributed by atoms with Crippen LogP contribution in [0.25, 0.3) is 0 Å². The van der Waals surface area contributed by atoms with E-state index in [1.54, 1.807) is 0 Å². The van der Waals surface area contributed by atoms with Crippen molar-refractivity contribution in [1.29, 1.82) is 0 Å². The molecule has 0 bridgehead atoms.